The molecule has 0 aliphatic rings. The van der Waals surface area contributed by atoms with Crippen molar-refractivity contribution in [2.24, 2.45) is 0 Å². The maximum atomic E-state index is 12.0. The molecule has 158 valence electrons. The van der Waals surface area contributed by atoms with Crippen molar-refractivity contribution < 1.29 is 4.79 Å². The molecule has 0 aliphatic carbocycles. The van der Waals surface area contributed by atoms with Crippen LogP contribution in [0.25, 0.3) is 16.6 Å². The minimum Gasteiger partial charge on any atom is -0.374 e. The summed E-state index contributed by atoms with van der Waals surface area (Å²) in [5, 5.41) is 7.54. The van der Waals surface area contributed by atoms with Crippen LogP contribution in [0.15, 0.2) is 104 Å². The molecular formula is C27H24N4O. The van der Waals surface area contributed by atoms with E-state index in [1.54, 1.807) is 7.05 Å². The number of nitrogens with zero attached hydrogens (tertiary/aromatic N) is 1. The number of para-hydroxylation sites is 1. The Morgan fingerprint density at radius 2 is 1.59 bits per heavy atom. The standard InChI is InChI=1S/C27H24N4O/c1-28-27(32)20-10-8-19(9-11-20)26(24-18-29-25-7-3-2-6-23(24)25)30-21-12-14-22(15-13-21)31-16-4-5-17-31/h2-18,26,29-30H,1H3,(H,28,32). The predicted octanol–water partition coefficient (Wildman–Crippen LogP) is 5.52. The van der Waals surface area contributed by atoms with Gasteiger partial charge in [-0.1, -0.05) is 30.3 Å². The first kappa shape index (κ1) is 19.7. The first-order valence-corrected chi connectivity index (χ1v) is 10.6. The second kappa shape index (κ2) is 8.47. The Balaban J connectivity index is 1.52. The van der Waals surface area contributed by atoms with Crippen LogP contribution < -0.4 is 10.6 Å². The first-order chi connectivity index (χ1) is 15.7. The molecule has 0 saturated carbocycles. The van der Waals surface area contributed by atoms with Crippen molar-refractivity contribution in [3.63, 3.8) is 0 Å². The third kappa shape index (κ3) is 3.76. The van der Waals surface area contributed by atoms with Gasteiger partial charge in [-0.2, -0.15) is 0 Å². The molecule has 2 heterocycles. The third-order valence-electron chi connectivity index (χ3n) is 5.75. The third-order valence-corrected chi connectivity index (χ3v) is 5.75. The number of carbonyl (C=O) groups excluding carboxylic acids is 1. The van der Waals surface area contributed by atoms with Gasteiger partial charge >= 0.3 is 0 Å². The van der Waals surface area contributed by atoms with Crippen molar-refractivity contribution in [3.05, 3.63) is 120 Å². The number of carbonyl (C=O) groups is 1. The Hall–Kier alpha value is -4.25. The predicted molar refractivity (Wildman–Crippen MR) is 129 cm³/mol. The van der Waals surface area contributed by atoms with Gasteiger partial charge in [-0.3, -0.25) is 4.79 Å². The van der Waals surface area contributed by atoms with E-state index in [2.05, 4.69) is 68.8 Å². The average Bonchev–Trinajstić information content (AvgIpc) is 3.53. The fraction of sp³-hybridized carbons (Fsp3) is 0.0741. The Morgan fingerprint density at radius 3 is 2.31 bits per heavy atom. The molecule has 5 nitrogen and oxygen atoms in total. The summed E-state index contributed by atoms with van der Waals surface area (Å²) in [7, 11) is 1.64. The fourth-order valence-electron chi connectivity index (χ4n) is 4.05. The summed E-state index contributed by atoms with van der Waals surface area (Å²) >= 11 is 0. The summed E-state index contributed by atoms with van der Waals surface area (Å²) < 4.78 is 2.08. The van der Waals surface area contributed by atoms with Gasteiger partial charge in [-0.25, -0.2) is 0 Å². The van der Waals surface area contributed by atoms with E-state index < -0.39 is 0 Å². The van der Waals surface area contributed by atoms with Gasteiger partial charge in [-0.15, -0.1) is 0 Å². The molecule has 0 aliphatic heterocycles. The zero-order valence-electron chi connectivity index (χ0n) is 17.7. The quantitative estimate of drug-likeness (QED) is 0.339. The molecule has 1 amide bonds. The monoisotopic (exact) mass is 420 g/mol. The van der Waals surface area contributed by atoms with E-state index in [0.717, 1.165) is 28.0 Å². The number of aromatic amines is 1. The number of rotatable bonds is 6. The summed E-state index contributed by atoms with van der Waals surface area (Å²) in [6.07, 6.45) is 6.12. The lowest BCUT2D eigenvalue weighted by Gasteiger charge is -2.21. The summed E-state index contributed by atoms with van der Waals surface area (Å²) in [6.45, 7) is 0. The van der Waals surface area contributed by atoms with Crippen LogP contribution in [0, 0.1) is 0 Å². The van der Waals surface area contributed by atoms with Crippen molar-refractivity contribution in [1.82, 2.24) is 14.9 Å². The van der Waals surface area contributed by atoms with Gasteiger partial charge in [0.2, 0.25) is 0 Å². The maximum Gasteiger partial charge on any atom is 0.251 e. The number of anilines is 1. The summed E-state index contributed by atoms with van der Waals surface area (Å²) in [5.41, 5.74) is 6.11. The van der Waals surface area contributed by atoms with Gasteiger partial charge < -0.3 is 20.2 Å². The van der Waals surface area contributed by atoms with Crippen LogP contribution in [0.1, 0.15) is 27.5 Å². The van der Waals surface area contributed by atoms with Gasteiger partial charge in [0.1, 0.15) is 0 Å². The minimum atomic E-state index is -0.0891. The van der Waals surface area contributed by atoms with Crippen LogP contribution in [-0.2, 0) is 0 Å². The average molecular weight is 421 g/mol. The van der Waals surface area contributed by atoms with Crippen LogP contribution in [0.2, 0.25) is 0 Å². The number of amides is 1. The highest BCUT2D eigenvalue weighted by Gasteiger charge is 2.19. The number of H-pyrrole nitrogens is 1. The van der Waals surface area contributed by atoms with Crippen LogP contribution in [0.3, 0.4) is 0 Å². The van der Waals surface area contributed by atoms with Crippen LogP contribution in [0.4, 0.5) is 5.69 Å². The maximum absolute atomic E-state index is 12.0. The van der Waals surface area contributed by atoms with Crippen molar-refractivity contribution in [1.29, 1.82) is 0 Å². The van der Waals surface area contributed by atoms with E-state index in [9.17, 15) is 4.79 Å². The molecule has 5 aromatic rings. The van der Waals surface area contributed by atoms with Crippen LogP contribution in [-0.4, -0.2) is 22.5 Å². The first-order valence-electron chi connectivity index (χ1n) is 10.6. The van der Waals surface area contributed by atoms with E-state index in [4.69, 9.17) is 0 Å². The van der Waals surface area contributed by atoms with Gasteiger partial charge in [0.15, 0.2) is 0 Å². The molecule has 0 bridgehead atoms. The van der Waals surface area contributed by atoms with Gasteiger partial charge in [0, 0.05) is 59.0 Å². The molecule has 5 heteroatoms. The van der Waals surface area contributed by atoms with Crippen molar-refractivity contribution >= 4 is 22.5 Å². The van der Waals surface area contributed by atoms with Crippen LogP contribution in [0.5, 0.6) is 0 Å². The van der Waals surface area contributed by atoms with E-state index in [-0.39, 0.29) is 11.9 Å². The normalized spacial score (nSPS) is 11.9. The van der Waals surface area contributed by atoms with E-state index in [1.165, 1.54) is 5.39 Å². The Morgan fingerprint density at radius 1 is 0.875 bits per heavy atom. The topological polar surface area (TPSA) is 61.9 Å². The highest BCUT2D eigenvalue weighted by Crippen LogP contribution is 2.32. The zero-order chi connectivity index (χ0) is 21.9. The molecule has 0 spiro atoms. The lowest BCUT2D eigenvalue weighted by Crippen LogP contribution is -2.18. The van der Waals surface area contributed by atoms with Gasteiger partial charge in [0.05, 0.1) is 6.04 Å². The summed E-state index contributed by atoms with van der Waals surface area (Å²) in [4.78, 5) is 15.4. The Kier molecular flexibility index (Phi) is 5.22. The largest absolute Gasteiger partial charge is 0.374 e. The van der Waals surface area contributed by atoms with Crippen molar-refractivity contribution in [2.75, 3.05) is 12.4 Å². The second-order valence-corrected chi connectivity index (χ2v) is 7.71. The molecule has 32 heavy (non-hydrogen) atoms. The zero-order valence-corrected chi connectivity index (χ0v) is 17.7. The molecular weight excluding hydrogens is 396 g/mol. The molecule has 0 saturated heterocycles. The highest BCUT2D eigenvalue weighted by atomic mass is 16.1. The van der Waals surface area contributed by atoms with Crippen molar-refractivity contribution in [3.8, 4) is 5.69 Å². The van der Waals surface area contributed by atoms with E-state index >= 15 is 0 Å². The number of fused-ring (bicyclic) bond motifs is 1. The molecule has 3 aromatic carbocycles. The molecule has 1 unspecified atom stereocenters. The number of benzene rings is 3. The molecule has 0 fully saturated rings. The molecule has 1 atom stereocenters. The summed E-state index contributed by atoms with van der Waals surface area (Å²) in [6, 6.07) is 28.4. The lowest BCUT2D eigenvalue weighted by molar-refractivity contribution is 0.0963. The minimum absolute atomic E-state index is 0.0812. The number of nitrogens with one attached hydrogen (secondary N) is 3. The fourth-order valence-corrected chi connectivity index (χ4v) is 4.05. The number of aromatic nitrogens is 2. The van der Waals surface area contributed by atoms with Gasteiger partial charge in [-0.05, 0) is 60.2 Å². The van der Waals surface area contributed by atoms with E-state index in [1.807, 2.05) is 54.9 Å². The molecule has 2 aromatic heterocycles. The van der Waals surface area contributed by atoms with Crippen LogP contribution >= 0.6 is 0 Å². The number of hydrogen-bond donors (Lipinski definition) is 3. The Labute approximate surface area is 186 Å². The van der Waals surface area contributed by atoms with Gasteiger partial charge in [0.25, 0.3) is 5.91 Å². The number of hydrogen-bond acceptors (Lipinski definition) is 2. The molecule has 5 rings (SSSR count). The van der Waals surface area contributed by atoms with Crippen molar-refractivity contribution in [2.45, 2.75) is 6.04 Å². The smallest absolute Gasteiger partial charge is 0.251 e. The highest BCUT2D eigenvalue weighted by molar-refractivity contribution is 5.94. The Bertz CT molecular complexity index is 1330. The van der Waals surface area contributed by atoms with E-state index in [0.29, 0.717) is 5.56 Å². The molecule has 3 N–H and O–H groups in total. The lowest BCUT2D eigenvalue weighted by atomic mass is 9.96. The second-order valence-electron chi connectivity index (χ2n) is 7.71. The summed E-state index contributed by atoms with van der Waals surface area (Å²) in [5.74, 6) is -0.0891. The molecule has 0 radical (unpaired) electrons. The SMILES string of the molecule is CNC(=O)c1ccc(C(Nc2ccc(-n3cccc3)cc2)c2c[nH]c3ccccc23)cc1.